The fourth-order valence-electron chi connectivity index (χ4n) is 4.70. The Labute approximate surface area is 289 Å². The van der Waals surface area contributed by atoms with Gasteiger partial charge in [0.25, 0.3) is 0 Å². The van der Waals surface area contributed by atoms with E-state index < -0.39 is 20.0 Å². The number of aliphatic hydroxyl groups excluding tert-OH is 1. The average molecular weight is 684 g/mol. The van der Waals surface area contributed by atoms with Crippen molar-refractivity contribution in [2.45, 2.75) is 148 Å². The largest absolute Gasteiger partial charge is 0.472 e. The van der Waals surface area contributed by atoms with Crippen LogP contribution in [0.2, 0.25) is 0 Å². The van der Waals surface area contributed by atoms with Gasteiger partial charge in [0.2, 0.25) is 5.91 Å². The number of aliphatic hydroxyl groups is 1. The lowest BCUT2D eigenvalue weighted by Gasteiger charge is -2.25. The second-order valence-corrected chi connectivity index (χ2v) is 15.0. The number of hydrogen-bond donors (Lipinski definition) is 3. The molecule has 0 rings (SSSR count). The molecule has 0 saturated carbocycles. The van der Waals surface area contributed by atoms with Gasteiger partial charge in [-0.3, -0.25) is 13.8 Å². The topological polar surface area (TPSA) is 105 Å². The highest BCUT2D eigenvalue weighted by Crippen LogP contribution is 2.43. The first-order chi connectivity index (χ1) is 22.5. The molecule has 0 bridgehead atoms. The van der Waals surface area contributed by atoms with Gasteiger partial charge in [0.15, 0.2) is 0 Å². The Bertz CT molecular complexity index is 912. The van der Waals surface area contributed by atoms with Crippen molar-refractivity contribution in [1.82, 2.24) is 5.32 Å². The molecule has 274 valence electrons. The fraction of sp³-hybridized carbons (Fsp3) is 0.763. The molecule has 3 N–H and O–H groups in total. The van der Waals surface area contributed by atoms with E-state index in [1.54, 1.807) is 6.08 Å². The van der Waals surface area contributed by atoms with Crippen LogP contribution < -0.4 is 5.32 Å². The Morgan fingerprint density at radius 1 is 0.702 bits per heavy atom. The van der Waals surface area contributed by atoms with E-state index in [0.717, 1.165) is 64.2 Å². The Morgan fingerprint density at radius 2 is 1.19 bits per heavy atom. The molecule has 0 aliphatic rings. The Kier molecular flexibility index (Phi) is 29.5. The van der Waals surface area contributed by atoms with E-state index in [4.69, 9.17) is 9.05 Å². The number of rotatable bonds is 32. The number of quaternary nitrogens is 1. The summed E-state index contributed by atoms with van der Waals surface area (Å²) in [7, 11) is 1.53. The molecule has 3 unspecified atom stereocenters. The zero-order chi connectivity index (χ0) is 35.1. The van der Waals surface area contributed by atoms with Gasteiger partial charge in [0.05, 0.1) is 39.9 Å². The normalized spacial score (nSPS) is 15.3. The van der Waals surface area contributed by atoms with Crippen LogP contribution in [0.15, 0.2) is 48.6 Å². The molecule has 3 atom stereocenters. The number of nitrogens with one attached hydrogen (secondary N) is 1. The molecule has 0 saturated heterocycles. The zero-order valence-electron chi connectivity index (χ0n) is 30.8. The summed E-state index contributed by atoms with van der Waals surface area (Å²) in [6, 6.07) is -0.874. The predicted molar refractivity (Wildman–Crippen MR) is 198 cm³/mol. The minimum absolute atomic E-state index is 0.0493. The van der Waals surface area contributed by atoms with Crippen LogP contribution in [0.1, 0.15) is 136 Å². The van der Waals surface area contributed by atoms with Gasteiger partial charge in [0.1, 0.15) is 13.2 Å². The number of hydrogen-bond acceptors (Lipinski definition) is 5. The highest BCUT2D eigenvalue weighted by molar-refractivity contribution is 7.47. The van der Waals surface area contributed by atoms with E-state index in [2.05, 4.69) is 55.6 Å². The second kappa shape index (κ2) is 30.5. The summed E-state index contributed by atoms with van der Waals surface area (Å²) in [6.45, 7) is 4.67. The van der Waals surface area contributed by atoms with Crippen LogP contribution in [-0.4, -0.2) is 73.4 Å². The maximum atomic E-state index is 12.7. The third-order valence-electron chi connectivity index (χ3n) is 7.75. The first-order valence-corrected chi connectivity index (χ1v) is 20.0. The number of phosphoric acid groups is 1. The predicted octanol–water partition coefficient (Wildman–Crippen LogP) is 9.35. The maximum absolute atomic E-state index is 12.7. The lowest BCUT2D eigenvalue weighted by molar-refractivity contribution is -0.870. The third kappa shape index (κ3) is 32.8. The SMILES string of the molecule is CCCC/C=C/CC/C=C/CC/C=C/C(O)C(COP(=O)(O)OCC[N+](C)(C)C)NC(=O)CCCCC/C=C\CCCCCCCC. The molecule has 0 aromatic rings. The molecule has 1 amide bonds. The number of carbonyl (C=O) groups is 1. The van der Waals surface area contributed by atoms with Crippen molar-refractivity contribution in [2.24, 2.45) is 0 Å². The van der Waals surface area contributed by atoms with Crippen molar-refractivity contribution >= 4 is 13.7 Å². The van der Waals surface area contributed by atoms with E-state index in [9.17, 15) is 19.4 Å². The lowest BCUT2D eigenvalue weighted by Crippen LogP contribution is -2.45. The summed E-state index contributed by atoms with van der Waals surface area (Å²) in [4.78, 5) is 22.9. The van der Waals surface area contributed by atoms with Crippen LogP contribution in [0.3, 0.4) is 0 Å². The standard InChI is InChI=1S/C38H71N2O6P/c1-6-8-10-12-14-16-18-20-22-24-26-28-30-32-38(42)39-36(35-46-47(43,44)45-34-33-40(3,4)5)37(41)31-29-27-25-23-21-19-17-15-13-11-9-7-2/h13,15,20-23,29,31,36-37,41H,6-12,14,16-19,24-28,30,32-35H2,1-5H3,(H-,39,42,43,44)/p+1/b15-13+,22-20-,23-21+,31-29+. The smallest absolute Gasteiger partial charge is 0.387 e. The number of unbranched alkanes of at least 4 members (excludes halogenated alkanes) is 13. The molecule has 8 nitrogen and oxygen atoms in total. The van der Waals surface area contributed by atoms with Gasteiger partial charge in [-0.2, -0.15) is 0 Å². The van der Waals surface area contributed by atoms with Crippen molar-refractivity contribution in [3.63, 3.8) is 0 Å². The van der Waals surface area contributed by atoms with Gasteiger partial charge in [-0.25, -0.2) is 4.57 Å². The molecule has 0 aliphatic carbocycles. The summed E-state index contributed by atoms with van der Waals surface area (Å²) in [5.74, 6) is -0.213. The molecule has 0 radical (unpaired) electrons. The van der Waals surface area contributed by atoms with Gasteiger partial charge in [-0.1, -0.05) is 114 Å². The number of allylic oxidation sites excluding steroid dienone is 7. The van der Waals surface area contributed by atoms with Crippen molar-refractivity contribution in [3.05, 3.63) is 48.6 Å². The number of amides is 1. The molecule has 9 heteroatoms. The van der Waals surface area contributed by atoms with Gasteiger partial charge in [-0.15, -0.1) is 0 Å². The van der Waals surface area contributed by atoms with Gasteiger partial charge < -0.3 is 19.8 Å². The van der Waals surface area contributed by atoms with E-state index in [-0.39, 0.29) is 19.1 Å². The molecule has 0 aromatic heterocycles. The Hall–Kier alpha value is -1.54. The number of nitrogens with zero attached hydrogens (tertiary/aromatic N) is 1. The second-order valence-electron chi connectivity index (χ2n) is 13.6. The highest BCUT2D eigenvalue weighted by atomic mass is 31.2. The first-order valence-electron chi connectivity index (χ1n) is 18.5. The minimum Gasteiger partial charge on any atom is -0.387 e. The molecular formula is C38H72N2O6P+. The Morgan fingerprint density at radius 3 is 1.77 bits per heavy atom. The average Bonchev–Trinajstić information content (AvgIpc) is 3.01. The van der Waals surface area contributed by atoms with E-state index in [1.165, 1.54) is 51.4 Å². The van der Waals surface area contributed by atoms with E-state index in [0.29, 0.717) is 17.4 Å². The van der Waals surface area contributed by atoms with Crippen LogP contribution in [0, 0.1) is 0 Å². The monoisotopic (exact) mass is 684 g/mol. The number of carbonyl (C=O) groups excluding carboxylic acids is 1. The third-order valence-corrected chi connectivity index (χ3v) is 8.73. The molecule has 0 heterocycles. The van der Waals surface area contributed by atoms with Gasteiger partial charge in [-0.05, 0) is 64.2 Å². The van der Waals surface area contributed by atoms with E-state index >= 15 is 0 Å². The summed E-state index contributed by atoms with van der Waals surface area (Å²) in [6.07, 6.45) is 36.1. The van der Waals surface area contributed by atoms with Gasteiger partial charge >= 0.3 is 7.82 Å². The van der Waals surface area contributed by atoms with Crippen molar-refractivity contribution in [3.8, 4) is 0 Å². The van der Waals surface area contributed by atoms with Crippen LogP contribution in [0.5, 0.6) is 0 Å². The molecule has 0 aromatic carbocycles. The quantitative estimate of drug-likeness (QED) is 0.0283. The minimum atomic E-state index is -4.34. The zero-order valence-corrected chi connectivity index (χ0v) is 31.6. The van der Waals surface area contributed by atoms with Crippen molar-refractivity contribution in [2.75, 3.05) is 40.9 Å². The number of phosphoric ester groups is 1. The highest BCUT2D eigenvalue weighted by Gasteiger charge is 2.27. The lowest BCUT2D eigenvalue weighted by atomic mass is 10.1. The summed E-state index contributed by atoms with van der Waals surface area (Å²) in [5, 5.41) is 13.7. The van der Waals surface area contributed by atoms with Crippen LogP contribution >= 0.6 is 7.82 Å². The molecule has 0 fully saturated rings. The summed E-state index contributed by atoms with van der Waals surface area (Å²) >= 11 is 0. The van der Waals surface area contributed by atoms with Crippen LogP contribution in [-0.2, 0) is 18.4 Å². The summed E-state index contributed by atoms with van der Waals surface area (Å²) in [5.41, 5.74) is 0. The van der Waals surface area contributed by atoms with Gasteiger partial charge in [0, 0.05) is 6.42 Å². The van der Waals surface area contributed by atoms with Crippen LogP contribution in [0.25, 0.3) is 0 Å². The van der Waals surface area contributed by atoms with E-state index in [1.807, 2.05) is 27.2 Å². The number of likely N-dealkylation sites (N-methyl/N-ethyl adjacent to an activating group) is 1. The maximum Gasteiger partial charge on any atom is 0.472 e. The first kappa shape index (κ1) is 45.5. The van der Waals surface area contributed by atoms with Crippen molar-refractivity contribution < 1.29 is 32.9 Å². The molecule has 0 spiro atoms. The molecule has 47 heavy (non-hydrogen) atoms. The fourth-order valence-corrected chi connectivity index (χ4v) is 5.43. The molecule has 0 aliphatic heterocycles. The summed E-state index contributed by atoms with van der Waals surface area (Å²) < 4.78 is 23.4. The van der Waals surface area contributed by atoms with Crippen molar-refractivity contribution in [1.29, 1.82) is 0 Å². The van der Waals surface area contributed by atoms with Crippen LogP contribution in [0.4, 0.5) is 0 Å². The molecular weight excluding hydrogens is 611 g/mol. The Balaban J connectivity index is 4.67.